The molecule has 0 atom stereocenters. The van der Waals surface area contributed by atoms with E-state index >= 15 is 0 Å². The van der Waals surface area contributed by atoms with E-state index in [1.807, 2.05) is 49.5 Å². The Bertz CT molecular complexity index is 1060. The summed E-state index contributed by atoms with van der Waals surface area (Å²) in [6, 6.07) is 6.01. The van der Waals surface area contributed by atoms with Crippen LogP contribution in [0.2, 0.25) is 0 Å². The number of hydrogen-bond acceptors (Lipinski definition) is 5. The molecule has 1 aliphatic carbocycles. The monoisotopic (exact) mass is 438 g/mol. The molecule has 1 N–H and O–H groups in total. The number of fused-ring (bicyclic) bond motifs is 1. The quantitative estimate of drug-likeness (QED) is 0.395. The largest absolute Gasteiger partial charge is 0.325 e. The lowest BCUT2D eigenvalue weighted by molar-refractivity contribution is -0.113. The normalized spacial score (nSPS) is 13.1. The Balaban J connectivity index is 1.52. The Morgan fingerprint density at radius 2 is 2.03 bits per heavy atom. The zero-order chi connectivity index (χ0) is 21.1. The predicted molar refractivity (Wildman–Crippen MR) is 125 cm³/mol. The second-order valence-electron chi connectivity index (χ2n) is 7.57. The van der Waals surface area contributed by atoms with Crippen LogP contribution in [0.1, 0.15) is 34.4 Å². The zero-order valence-corrected chi connectivity index (χ0v) is 19.0. The Morgan fingerprint density at radius 1 is 1.27 bits per heavy atom. The van der Waals surface area contributed by atoms with Gasteiger partial charge in [0.05, 0.1) is 5.75 Å². The molecule has 7 heteroatoms. The summed E-state index contributed by atoms with van der Waals surface area (Å²) in [4.78, 5) is 14.1. The van der Waals surface area contributed by atoms with Crippen molar-refractivity contribution in [1.29, 1.82) is 0 Å². The summed E-state index contributed by atoms with van der Waals surface area (Å²) in [6.07, 6.45) is 6.62. The standard InChI is InChI=1S/C23H26N4OS2/c1-4-12-27-22(18-13-29-19-11-6-5-10-17(18)19)25-26-23(27)30-14-20(28)24-21-15(2)8-7-9-16(21)3/h4,7-9,13H,1,5-6,10-12,14H2,2-3H3,(H,24,28). The summed E-state index contributed by atoms with van der Waals surface area (Å²) in [5.41, 5.74) is 5.63. The van der Waals surface area contributed by atoms with Gasteiger partial charge in [-0.1, -0.05) is 36.0 Å². The molecule has 0 saturated heterocycles. The number of nitrogens with one attached hydrogen (secondary N) is 1. The Kier molecular flexibility index (Phi) is 6.39. The first-order valence-electron chi connectivity index (χ1n) is 10.2. The summed E-state index contributed by atoms with van der Waals surface area (Å²) in [5, 5.41) is 14.9. The van der Waals surface area contributed by atoms with E-state index in [4.69, 9.17) is 0 Å². The van der Waals surface area contributed by atoms with Gasteiger partial charge in [0, 0.05) is 28.1 Å². The number of carbonyl (C=O) groups excluding carboxylic acids is 1. The van der Waals surface area contributed by atoms with Crippen molar-refractivity contribution < 1.29 is 4.79 Å². The van der Waals surface area contributed by atoms with E-state index in [9.17, 15) is 4.79 Å². The summed E-state index contributed by atoms with van der Waals surface area (Å²) in [5.74, 6) is 1.12. The van der Waals surface area contributed by atoms with Crippen LogP contribution in [-0.4, -0.2) is 26.4 Å². The van der Waals surface area contributed by atoms with Crippen LogP contribution in [0.3, 0.4) is 0 Å². The number of aromatic nitrogens is 3. The topological polar surface area (TPSA) is 59.8 Å². The average Bonchev–Trinajstić information content (AvgIpc) is 3.33. The van der Waals surface area contributed by atoms with Gasteiger partial charge >= 0.3 is 0 Å². The van der Waals surface area contributed by atoms with Crippen LogP contribution < -0.4 is 5.32 Å². The maximum Gasteiger partial charge on any atom is 0.234 e. The molecule has 0 bridgehead atoms. The number of para-hydroxylation sites is 1. The van der Waals surface area contributed by atoms with Crippen molar-refractivity contribution in [1.82, 2.24) is 14.8 Å². The highest BCUT2D eigenvalue weighted by Gasteiger charge is 2.22. The number of anilines is 1. The first kappa shape index (κ1) is 20.9. The van der Waals surface area contributed by atoms with Crippen LogP contribution in [0.15, 0.2) is 41.4 Å². The number of amides is 1. The fourth-order valence-corrected chi connectivity index (χ4v) is 5.76. The third-order valence-corrected chi connectivity index (χ3v) is 7.46. The van der Waals surface area contributed by atoms with E-state index in [1.54, 1.807) is 0 Å². The van der Waals surface area contributed by atoms with E-state index < -0.39 is 0 Å². The number of benzene rings is 1. The van der Waals surface area contributed by atoms with Crippen molar-refractivity contribution in [3.8, 4) is 11.4 Å². The Hall–Kier alpha value is -2.38. The number of hydrogen-bond donors (Lipinski definition) is 1. The molecule has 0 radical (unpaired) electrons. The van der Waals surface area contributed by atoms with Crippen molar-refractivity contribution in [3.05, 3.63) is 57.8 Å². The van der Waals surface area contributed by atoms with E-state index in [0.717, 1.165) is 40.6 Å². The molecule has 2 aromatic heterocycles. The summed E-state index contributed by atoms with van der Waals surface area (Å²) >= 11 is 3.24. The second-order valence-corrected chi connectivity index (χ2v) is 9.47. The first-order valence-corrected chi connectivity index (χ1v) is 12.1. The number of allylic oxidation sites excluding steroid dienone is 1. The highest BCUT2D eigenvalue weighted by molar-refractivity contribution is 7.99. The van der Waals surface area contributed by atoms with E-state index in [-0.39, 0.29) is 11.7 Å². The molecule has 30 heavy (non-hydrogen) atoms. The van der Waals surface area contributed by atoms with E-state index in [0.29, 0.717) is 6.54 Å². The lowest BCUT2D eigenvalue weighted by Crippen LogP contribution is -2.16. The minimum atomic E-state index is -0.0417. The fraction of sp³-hybridized carbons (Fsp3) is 0.348. The lowest BCUT2D eigenvalue weighted by Gasteiger charge is -2.13. The molecule has 1 aromatic carbocycles. The van der Waals surface area contributed by atoms with Gasteiger partial charge in [-0.15, -0.1) is 28.1 Å². The van der Waals surface area contributed by atoms with Crippen molar-refractivity contribution in [2.75, 3.05) is 11.1 Å². The van der Waals surface area contributed by atoms with Crippen LogP contribution in [0, 0.1) is 13.8 Å². The third-order valence-electron chi connectivity index (χ3n) is 5.41. The average molecular weight is 439 g/mol. The molecule has 1 amide bonds. The van der Waals surface area contributed by atoms with Gasteiger partial charge < -0.3 is 5.32 Å². The lowest BCUT2D eigenvalue weighted by atomic mass is 9.95. The van der Waals surface area contributed by atoms with Gasteiger partial charge in [0.1, 0.15) is 0 Å². The molecule has 156 valence electrons. The number of thiophene rings is 1. The molecule has 0 unspecified atom stereocenters. The zero-order valence-electron chi connectivity index (χ0n) is 17.4. The highest BCUT2D eigenvalue weighted by Crippen LogP contribution is 2.36. The molecule has 0 saturated carbocycles. The maximum atomic E-state index is 12.6. The van der Waals surface area contributed by atoms with Gasteiger partial charge in [-0.3, -0.25) is 9.36 Å². The first-order chi connectivity index (χ1) is 14.6. The molecule has 4 rings (SSSR count). The van der Waals surface area contributed by atoms with Gasteiger partial charge in [-0.05, 0) is 56.2 Å². The van der Waals surface area contributed by atoms with Gasteiger partial charge in [0.2, 0.25) is 5.91 Å². The smallest absolute Gasteiger partial charge is 0.234 e. The molecule has 0 aliphatic heterocycles. The minimum absolute atomic E-state index is 0.0417. The maximum absolute atomic E-state index is 12.6. The Morgan fingerprint density at radius 3 is 2.80 bits per heavy atom. The molecule has 2 heterocycles. The van der Waals surface area contributed by atoms with Crippen LogP contribution >= 0.6 is 23.1 Å². The molecule has 0 fully saturated rings. The summed E-state index contributed by atoms with van der Waals surface area (Å²) in [6.45, 7) is 8.52. The number of nitrogens with zero attached hydrogens (tertiary/aromatic N) is 3. The number of rotatable bonds is 7. The molecule has 0 spiro atoms. The van der Waals surface area contributed by atoms with Crippen LogP contribution in [-0.2, 0) is 24.2 Å². The minimum Gasteiger partial charge on any atom is -0.325 e. The van der Waals surface area contributed by atoms with E-state index in [2.05, 4.69) is 32.0 Å². The number of thioether (sulfide) groups is 1. The Labute approximate surface area is 185 Å². The summed E-state index contributed by atoms with van der Waals surface area (Å²) < 4.78 is 2.07. The highest BCUT2D eigenvalue weighted by atomic mass is 32.2. The van der Waals surface area contributed by atoms with Crippen molar-refractivity contribution in [2.24, 2.45) is 0 Å². The molecule has 5 nitrogen and oxygen atoms in total. The van der Waals surface area contributed by atoms with Gasteiger partial charge in [0.15, 0.2) is 11.0 Å². The summed E-state index contributed by atoms with van der Waals surface area (Å²) in [7, 11) is 0. The van der Waals surface area contributed by atoms with Gasteiger partial charge in [-0.25, -0.2) is 0 Å². The van der Waals surface area contributed by atoms with E-state index in [1.165, 1.54) is 40.6 Å². The van der Waals surface area contributed by atoms with Gasteiger partial charge in [-0.2, -0.15) is 0 Å². The number of aryl methyl sites for hydroxylation is 3. The predicted octanol–water partition coefficient (Wildman–Crippen LogP) is 5.42. The SMILES string of the molecule is C=CCn1c(SCC(=O)Nc2c(C)cccc2C)nnc1-c1csc2c1CCCC2. The van der Waals surface area contributed by atoms with Crippen molar-refractivity contribution in [3.63, 3.8) is 0 Å². The molecule has 1 aliphatic rings. The molecular formula is C23H26N4OS2. The van der Waals surface area contributed by atoms with Crippen LogP contribution in [0.25, 0.3) is 11.4 Å². The molecular weight excluding hydrogens is 412 g/mol. The van der Waals surface area contributed by atoms with Gasteiger partial charge in [0.25, 0.3) is 0 Å². The fourth-order valence-electron chi connectivity index (χ4n) is 3.89. The van der Waals surface area contributed by atoms with Crippen molar-refractivity contribution in [2.45, 2.75) is 51.2 Å². The third kappa shape index (κ3) is 4.23. The van der Waals surface area contributed by atoms with Crippen LogP contribution in [0.5, 0.6) is 0 Å². The number of carbonyl (C=O) groups is 1. The van der Waals surface area contributed by atoms with Crippen molar-refractivity contribution >= 4 is 34.7 Å². The molecule has 3 aromatic rings. The van der Waals surface area contributed by atoms with Crippen LogP contribution in [0.4, 0.5) is 5.69 Å². The second kappa shape index (κ2) is 9.18.